The Morgan fingerprint density at radius 3 is 2.69 bits per heavy atom. The first-order chi connectivity index (χ1) is 6.12. The highest BCUT2D eigenvalue weighted by atomic mass is 16.5. The lowest BCUT2D eigenvalue weighted by atomic mass is 9.72. The SMILES string of the molecule is CCC(C)CC1(C)COCC1CC. The highest BCUT2D eigenvalue weighted by Gasteiger charge is 2.39. The first kappa shape index (κ1) is 11.0. The molecule has 0 spiro atoms. The first-order valence-electron chi connectivity index (χ1n) is 5.70. The normalized spacial score (nSPS) is 36.5. The average molecular weight is 184 g/mol. The molecule has 0 radical (unpaired) electrons. The Labute approximate surface area is 82.9 Å². The van der Waals surface area contributed by atoms with Crippen molar-refractivity contribution >= 4 is 0 Å². The third kappa shape index (κ3) is 2.46. The maximum Gasteiger partial charge on any atom is 0.0523 e. The summed E-state index contributed by atoms with van der Waals surface area (Å²) >= 11 is 0. The van der Waals surface area contributed by atoms with E-state index >= 15 is 0 Å². The van der Waals surface area contributed by atoms with Gasteiger partial charge in [0.25, 0.3) is 0 Å². The summed E-state index contributed by atoms with van der Waals surface area (Å²) in [4.78, 5) is 0. The number of rotatable bonds is 4. The van der Waals surface area contributed by atoms with Crippen LogP contribution in [0, 0.1) is 17.3 Å². The van der Waals surface area contributed by atoms with Gasteiger partial charge in [-0.2, -0.15) is 0 Å². The zero-order valence-electron chi connectivity index (χ0n) is 9.60. The molecular formula is C12H24O. The van der Waals surface area contributed by atoms with Gasteiger partial charge in [-0.15, -0.1) is 0 Å². The lowest BCUT2D eigenvalue weighted by Gasteiger charge is -2.31. The summed E-state index contributed by atoms with van der Waals surface area (Å²) in [5.41, 5.74) is 0.462. The molecule has 0 aromatic heterocycles. The van der Waals surface area contributed by atoms with Crippen molar-refractivity contribution in [1.29, 1.82) is 0 Å². The van der Waals surface area contributed by atoms with E-state index in [9.17, 15) is 0 Å². The van der Waals surface area contributed by atoms with Crippen molar-refractivity contribution < 1.29 is 4.74 Å². The standard InChI is InChI=1S/C12H24O/c1-5-10(3)7-12(4)9-13-8-11(12)6-2/h10-11H,5-9H2,1-4H3. The van der Waals surface area contributed by atoms with Crippen LogP contribution in [0.3, 0.4) is 0 Å². The highest BCUT2D eigenvalue weighted by Crippen LogP contribution is 2.41. The molecule has 1 saturated heterocycles. The third-order valence-corrected chi connectivity index (χ3v) is 3.74. The summed E-state index contributed by atoms with van der Waals surface area (Å²) in [6.07, 6.45) is 3.90. The molecule has 78 valence electrons. The maximum atomic E-state index is 5.61. The molecule has 0 aromatic rings. The van der Waals surface area contributed by atoms with Crippen molar-refractivity contribution in [2.45, 2.75) is 47.0 Å². The van der Waals surface area contributed by atoms with Crippen LogP contribution >= 0.6 is 0 Å². The molecule has 1 fully saturated rings. The fourth-order valence-corrected chi connectivity index (χ4v) is 2.53. The van der Waals surface area contributed by atoms with Gasteiger partial charge in [-0.05, 0) is 23.7 Å². The van der Waals surface area contributed by atoms with E-state index in [4.69, 9.17) is 4.74 Å². The largest absolute Gasteiger partial charge is 0.381 e. The fourth-order valence-electron chi connectivity index (χ4n) is 2.53. The van der Waals surface area contributed by atoms with Crippen molar-refractivity contribution in [3.05, 3.63) is 0 Å². The van der Waals surface area contributed by atoms with Crippen molar-refractivity contribution in [3.8, 4) is 0 Å². The van der Waals surface area contributed by atoms with Crippen LogP contribution in [0.25, 0.3) is 0 Å². The van der Waals surface area contributed by atoms with Gasteiger partial charge in [0, 0.05) is 0 Å². The molecule has 0 aromatic carbocycles. The van der Waals surface area contributed by atoms with Gasteiger partial charge in [-0.1, -0.05) is 40.5 Å². The van der Waals surface area contributed by atoms with E-state index in [0.29, 0.717) is 5.41 Å². The summed E-state index contributed by atoms with van der Waals surface area (Å²) in [5, 5.41) is 0. The minimum absolute atomic E-state index is 0.462. The molecule has 1 heterocycles. The molecule has 0 bridgehead atoms. The van der Waals surface area contributed by atoms with Crippen LogP contribution in [0.15, 0.2) is 0 Å². The van der Waals surface area contributed by atoms with E-state index in [1.807, 2.05) is 0 Å². The summed E-state index contributed by atoms with van der Waals surface area (Å²) in [7, 11) is 0. The molecule has 1 aliphatic rings. The van der Waals surface area contributed by atoms with Crippen LogP contribution in [0.1, 0.15) is 47.0 Å². The van der Waals surface area contributed by atoms with Crippen molar-refractivity contribution in [3.63, 3.8) is 0 Å². The molecule has 0 aliphatic carbocycles. The molecule has 0 saturated carbocycles. The molecule has 0 N–H and O–H groups in total. The van der Waals surface area contributed by atoms with Crippen LogP contribution in [-0.2, 0) is 4.74 Å². The van der Waals surface area contributed by atoms with Gasteiger partial charge in [-0.3, -0.25) is 0 Å². The van der Waals surface area contributed by atoms with Crippen LogP contribution in [0.2, 0.25) is 0 Å². The second kappa shape index (κ2) is 4.45. The van der Waals surface area contributed by atoms with E-state index in [1.165, 1.54) is 19.3 Å². The van der Waals surface area contributed by atoms with Gasteiger partial charge in [0.15, 0.2) is 0 Å². The summed E-state index contributed by atoms with van der Waals surface area (Å²) in [5.74, 6) is 1.64. The van der Waals surface area contributed by atoms with Gasteiger partial charge in [-0.25, -0.2) is 0 Å². The predicted octanol–water partition coefficient (Wildman–Crippen LogP) is 3.49. The monoisotopic (exact) mass is 184 g/mol. The summed E-state index contributed by atoms with van der Waals surface area (Å²) in [6, 6.07) is 0. The van der Waals surface area contributed by atoms with E-state index in [-0.39, 0.29) is 0 Å². The van der Waals surface area contributed by atoms with Gasteiger partial charge >= 0.3 is 0 Å². The van der Waals surface area contributed by atoms with Crippen LogP contribution < -0.4 is 0 Å². The second-order valence-electron chi connectivity index (χ2n) is 4.99. The minimum atomic E-state index is 0.462. The lowest BCUT2D eigenvalue weighted by molar-refractivity contribution is 0.140. The van der Waals surface area contributed by atoms with Crippen molar-refractivity contribution in [2.24, 2.45) is 17.3 Å². The van der Waals surface area contributed by atoms with Gasteiger partial charge in [0.1, 0.15) is 0 Å². The topological polar surface area (TPSA) is 9.23 Å². The molecule has 13 heavy (non-hydrogen) atoms. The lowest BCUT2D eigenvalue weighted by Crippen LogP contribution is -2.27. The van der Waals surface area contributed by atoms with Crippen molar-refractivity contribution in [2.75, 3.05) is 13.2 Å². The smallest absolute Gasteiger partial charge is 0.0523 e. The molecule has 3 unspecified atom stereocenters. The van der Waals surface area contributed by atoms with Crippen LogP contribution in [-0.4, -0.2) is 13.2 Å². The Kier molecular flexibility index (Phi) is 3.78. The van der Waals surface area contributed by atoms with Crippen LogP contribution in [0.4, 0.5) is 0 Å². The number of ether oxygens (including phenoxy) is 1. The Morgan fingerprint density at radius 2 is 2.15 bits per heavy atom. The molecule has 0 amide bonds. The number of hydrogen-bond donors (Lipinski definition) is 0. The van der Waals surface area contributed by atoms with Crippen molar-refractivity contribution in [1.82, 2.24) is 0 Å². The van der Waals surface area contributed by atoms with Crippen LogP contribution in [0.5, 0.6) is 0 Å². The molecule has 3 atom stereocenters. The quantitative estimate of drug-likeness (QED) is 0.650. The van der Waals surface area contributed by atoms with E-state index in [0.717, 1.165) is 25.0 Å². The van der Waals surface area contributed by atoms with E-state index in [1.54, 1.807) is 0 Å². The van der Waals surface area contributed by atoms with E-state index < -0.39 is 0 Å². The van der Waals surface area contributed by atoms with Gasteiger partial charge in [0.2, 0.25) is 0 Å². The van der Waals surface area contributed by atoms with E-state index in [2.05, 4.69) is 27.7 Å². The highest BCUT2D eigenvalue weighted by molar-refractivity contribution is 4.87. The zero-order chi connectivity index (χ0) is 9.90. The summed E-state index contributed by atoms with van der Waals surface area (Å²) < 4.78 is 5.61. The predicted molar refractivity (Wildman–Crippen MR) is 56.8 cm³/mol. The Bertz CT molecular complexity index is 155. The molecule has 1 heteroatoms. The third-order valence-electron chi connectivity index (χ3n) is 3.74. The number of hydrogen-bond acceptors (Lipinski definition) is 1. The van der Waals surface area contributed by atoms with Gasteiger partial charge in [0.05, 0.1) is 13.2 Å². The maximum absolute atomic E-state index is 5.61. The molecule has 1 rings (SSSR count). The molecule has 1 nitrogen and oxygen atoms in total. The minimum Gasteiger partial charge on any atom is -0.381 e. The Morgan fingerprint density at radius 1 is 1.46 bits per heavy atom. The van der Waals surface area contributed by atoms with Gasteiger partial charge < -0.3 is 4.74 Å². The summed E-state index contributed by atoms with van der Waals surface area (Å²) in [6.45, 7) is 11.3. The average Bonchev–Trinajstić information content (AvgIpc) is 2.46. The fraction of sp³-hybridized carbons (Fsp3) is 1.00. The Hall–Kier alpha value is -0.0400. The molecular weight excluding hydrogens is 160 g/mol. The molecule has 1 aliphatic heterocycles. The Balaban J connectivity index is 2.52. The first-order valence-corrected chi connectivity index (χ1v) is 5.70. The second-order valence-corrected chi connectivity index (χ2v) is 4.99. The zero-order valence-corrected chi connectivity index (χ0v) is 9.60.